The standard InChI is InChI=1S/C24H20N2O3/c1-16(27)26-22(19-9-7-18(8-10-19)17-5-3-2-4-6-17)14-21(25-26)20-11-12-23-24(13-20)29-15-28-23/h2-13,22H,14-15H2,1H3. The van der Waals surface area contributed by atoms with Crippen LogP contribution >= 0.6 is 0 Å². The van der Waals surface area contributed by atoms with Crippen LogP contribution in [0.1, 0.15) is 30.5 Å². The minimum Gasteiger partial charge on any atom is -0.454 e. The van der Waals surface area contributed by atoms with Crippen LogP contribution in [-0.4, -0.2) is 23.4 Å². The molecule has 3 aromatic carbocycles. The second-order valence-electron chi connectivity index (χ2n) is 7.19. The molecule has 0 saturated carbocycles. The van der Waals surface area contributed by atoms with Gasteiger partial charge in [-0.15, -0.1) is 0 Å². The predicted molar refractivity (Wildman–Crippen MR) is 111 cm³/mol. The van der Waals surface area contributed by atoms with Crippen molar-refractivity contribution in [1.29, 1.82) is 0 Å². The van der Waals surface area contributed by atoms with E-state index in [0.717, 1.165) is 33.9 Å². The van der Waals surface area contributed by atoms with Crippen LogP contribution in [0.5, 0.6) is 11.5 Å². The number of nitrogens with zero attached hydrogens (tertiary/aromatic N) is 2. The van der Waals surface area contributed by atoms with Gasteiger partial charge in [-0.3, -0.25) is 4.79 Å². The maximum Gasteiger partial charge on any atom is 0.240 e. The monoisotopic (exact) mass is 384 g/mol. The Kier molecular flexibility index (Phi) is 4.28. The summed E-state index contributed by atoms with van der Waals surface area (Å²) in [5, 5.41) is 6.21. The largest absolute Gasteiger partial charge is 0.454 e. The summed E-state index contributed by atoms with van der Waals surface area (Å²) in [7, 11) is 0. The van der Waals surface area contributed by atoms with Gasteiger partial charge in [-0.25, -0.2) is 5.01 Å². The highest BCUT2D eigenvalue weighted by atomic mass is 16.7. The van der Waals surface area contributed by atoms with Crippen LogP contribution in [0.2, 0.25) is 0 Å². The van der Waals surface area contributed by atoms with Gasteiger partial charge in [-0.2, -0.15) is 5.10 Å². The molecule has 0 aromatic heterocycles. The van der Waals surface area contributed by atoms with Crippen molar-refractivity contribution in [2.75, 3.05) is 6.79 Å². The molecule has 0 radical (unpaired) electrons. The molecule has 0 fully saturated rings. The molecule has 2 heterocycles. The summed E-state index contributed by atoms with van der Waals surface area (Å²) in [6.07, 6.45) is 0.657. The van der Waals surface area contributed by atoms with Crippen LogP contribution in [0.25, 0.3) is 11.1 Å². The normalized spacial score (nSPS) is 17.3. The Balaban J connectivity index is 1.43. The Morgan fingerprint density at radius 1 is 0.897 bits per heavy atom. The Labute approximate surface area is 169 Å². The molecular formula is C24H20N2O3. The van der Waals surface area contributed by atoms with Crippen molar-refractivity contribution in [2.45, 2.75) is 19.4 Å². The summed E-state index contributed by atoms with van der Waals surface area (Å²) in [5.41, 5.74) is 5.21. The SMILES string of the molecule is CC(=O)N1N=C(c2ccc3c(c2)OCO3)CC1c1ccc(-c2ccccc2)cc1. The number of rotatable bonds is 3. The molecule has 0 bridgehead atoms. The van der Waals surface area contributed by atoms with E-state index in [2.05, 4.69) is 41.5 Å². The van der Waals surface area contributed by atoms with Gasteiger partial charge in [-0.05, 0) is 34.9 Å². The predicted octanol–water partition coefficient (Wildman–Crippen LogP) is 4.78. The van der Waals surface area contributed by atoms with Crippen LogP contribution in [0.3, 0.4) is 0 Å². The van der Waals surface area contributed by atoms with Crippen molar-refractivity contribution >= 4 is 11.6 Å². The molecular weight excluding hydrogens is 364 g/mol. The maximum atomic E-state index is 12.3. The number of carbonyl (C=O) groups excluding carboxylic acids is 1. The summed E-state index contributed by atoms with van der Waals surface area (Å²) in [4.78, 5) is 12.3. The molecule has 0 N–H and O–H groups in total. The third-order valence-corrected chi connectivity index (χ3v) is 5.34. The fourth-order valence-corrected chi connectivity index (χ4v) is 3.84. The van der Waals surface area contributed by atoms with Crippen LogP contribution in [-0.2, 0) is 4.79 Å². The lowest BCUT2D eigenvalue weighted by Crippen LogP contribution is -2.24. The molecule has 1 unspecified atom stereocenters. The van der Waals surface area contributed by atoms with Gasteiger partial charge in [0.25, 0.3) is 0 Å². The maximum absolute atomic E-state index is 12.3. The molecule has 5 rings (SSSR count). The number of hydrogen-bond acceptors (Lipinski definition) is 4. The van der Waals surface area contributed by atoms with Gasteiger partial charge < -0.3 is 9.47 Å². The second-order valence-corrected chi connectivity index (χ2v) is 7.19. The van der Waals surface area contributed by atoms with E-state index in [4.69, 9.17) is 9.47 Å². The molecule has 1 atom stereocenters. The van der Waals surface area contributed by atoms with E-state index in [1.807, 2.05) is 36.4 Å². The summed E-state index contributed by atoms with van der Waals surface area (Å²) in [5.74, 6) is 1.39. The molecule has 5 nitrogen and oxygen atoms in total. The van der Waals surface area contributed by atoms with Gasteiger partial charge in [0.15, 0.2) is 11.5 Å². The van der Waals surface area contributed by atoms with E-state index in [9.17, 15) is 4.79 Å². The highest BCUT2D eigenvalue weighted by Gasteiger charge is 2.32. The molecule has 2 aliphatic rings. The molecule has 0 saturated heterocycles. The zero-order chi connectivity index (χ0) is 19.8. The zero-order valence-electron chi connectivity index (χ0n) is 16.0. The smallest absolute Gasteiger partial charge is 0.240 e. The van der Waals surface area contributed by atoms with Crippen molar-refractivity contribution in [3.8, 4) is 22.6 Å². The van der Waals surface area contributed by atoms with Crippen molar-refractivity contribution in [3.63, 3.8) is 0 Å². The molecule has 5 heteroatoms. The Morgan fingerprint density at radius 3 is 2.34 bits per heavy atom. The molecule has 29 heavy (non-hydrogen) atoms. The minimum atomic E-state index is -0.113. The lowest BCUT2D eigenvalue weighted by molar-refractivity contribution is -0.130. The lowest BCUT2D eigenvalue weighted by atomic mass is 9.96. The van der Waals surface area contributed by atoms with Crippen LogP contribution in [0, 0.1) is 0 Å². The van der Waals surface area contributed by atoms with E-state index in [0.29, 0.717) is 6.42 Å². The first-order valence-electron chi connectivity index (χ1n) is 9.62. The molecule has 2 aliphatic heterocycles. The average Bonchev–Trinajstić information content (AvgIpc) is 3.41. The number of fused-ring (bicyclic) bond motifs is 1. The van der Waals surface area contributed by atoms with E-state index in [1.165, 1.54) is 5.56 Å². The number of ether oxygens (including phenoxy) is 2. The topological polar surface area (TPSA) is 51.1 Å². The lowest BCUT2D eigenvalue weighted by Gasteiger charge is -2.20. The molecule has 0 spiro atoms. The number of hydrogen-bond donors (Lipinski definition) is 0. The Bertz CT molecular complexity index is 1090. The number of benzene rings is 3. The highest BCUT2D eigenvalue weighted by molar-refractivity contribution is 6.03. The van der Waals surface area contributed by atoms with Crippen LogP contribution in [0.4, 0.5) is 0 Å². The average molecular weight is 384 g/mol. The van der Waals surface area contributed by atoms with Crippen molar-refractivity contribution < 1.29 is 14.3 Å². The first-order chi connectivity index (χ1) is 14.2. The molecule has 0 aliphatic carbocycles. The van der Waals surface area contributed by atoms with Gasteiger partial charge in [-0.1, -0.05) is 54.6 Å². The van der Waals surface area contributed by atoms with Crippen molar-refractivity contribution in [2.24, 2.45) is 5.10 Å². The summed E-state index contributed by atoms with van der Waals surface area (Å²) in [6, 6.07) is 24.3. The fourth-order valence-electron chi connectivity index (χ4n) is 3.84. The number of hydrazone groups is 1. The van der Waals surface area contributed by atoms with E-state index >= 15 is 0 Å². The second kappa shape index (κ2) is 7.09. The minimum absolute atomic E-state index is 0.0714. The first kappa shape index (κ1) is 17.5. The summed E-state index contributed by atoms with van der Waals surface area (Å²) >= 11 is 0. The molecule has 3 aromatic rings. The van der Waals surface area contributed by atoms with E-state index < -0.39 is 0 Å². The Morgan fingerprint density at radius 2 is 1.59 bits per heavy atom. The molecule has 1 amide bonds. The van der Waals surface area contributed by atoms with Gasteiger partial charge >= 0.3 is 0 Å². The quantitative estimate of drug-likeness (QED) is 0.653. The van der Waals surface area contributed by atoms with Gasteiger partial charge in [0.1, 0.15) is 0 Å². The van der Waals surface area contributed by atoms with Crippen LogP contribution in [0.15, 0.2) is 77.9 Å². The van der Waals surface area contributed by atoms with E-state index in [-0.39, 0.29) is 18.7 Å². The van der Waals surface area contributed by atoms with Crippen LogP contribution < -0.4 is 9.47 Å². The molecule has 144 valence electrons. The number of carbonyl (C=O) groups is 1. The summed E-state index contributed by atoms with van der Waals surface area (Å²) in [6.45, 7) is 1.79. The highest BCUT2D eigenvalue weighted by Crippen LogP contribution is 2.37. The third-order valence-electron chi connectivity index (χ3n) is 5.34. The fraction of sp³-hybridized carbons (Fsp3) is 0.167. The van der Waals surface area contributed by atoms with Gasteiger partial charge in [0.05, 0.1) is 11.8 Å². The van der Waals surface area contributed by atoms with E-state index in [1.54, 1.807) is 11.9 Å². The van der Waals surface area contributed by atoms with Gasteiger partial charge in [0, 0.05) is 18.9 Å². The summed E-state index contributed by atoms with van der Waals surface area (Å²) < 4.78 is 10.9. The van der Waals surface area contributed by atoms with Crippen molar-refractivity contribution in [1.82, 2.24) is 5.01 Å². The van der Waals surface area contributed by atoms with Gasteiger partial charge in [0.2, 0.25) is 12.7 Å². The number of amides is 1. The van der Waals surface area contributed by atoms with Crippen molar-refractivity contribution in [3.05, 3.63) is 83.9 Å². The first-order valence-corrected chi connectivity index (χ1v) is 9.62. The zero-order valence-corrected chi connectivity index (χ0v) is 16.0. The Hall–Kier alpha value is -3.60. The third kappa shape index (κ3) is 3.25.